The van der Waals surface area contributed by atoms with Crippen molar-refractivity contribution in [1.82, 2.24) is 0 Å². The van der Waals surface area contributed by atoms with Crippen molar-refractivity contribution in [2.45, 2.75) is 65.2 Å². The molecule has 1 nitrogen and oxygen atoms in total. The highest BCUT2D eigenvalue weighted by Crippen LogP contribution is 2.54. The van der Waals surface area contributed by atoms with Crippen LogP contribution in [0.15, 0.2) is 174 Å². The van der Waals surface area contributed by atoms with Crippen molar-refractivity contribution in [3.05, 3.63) is 203 Å². The van der Waals surface area contributed by atoms with Crippen LogP contribution in [0.3, 0.4) is 0 Å². The minimum atomic E-state index is -0.130. The van der Waals surface area contributed by atoms with Gasteiger partial charge in [-0.2, -0.15) is 0 Å². The van der Waals surface area contributed by atoms with Gasteiger partial charge in [-0.25, -0.2) is 0 Å². The molecule has 0 saturated carbocycles. The highest BCUT2D eigenvalue weighted by atomic mass is 32.1. The molecule has 0 radical (unpaired) electrons. The van der Waals surface area contributed by atoms with E-state index in [2.05, 4.69) is 211 Å². The van der Waals surface area contributed by atoms with Crippen LogP contribution in [0.4, 0.5) is 0 Å². The summed E-state index contributed by atoms with van der Waals surface area (Å²) < 4.78 is 9.26. The van der Waals surface area contributed by atoms with E-state index >= 15 is 0 Å². The summed E-state index contributed by atoms with van der Waals surface area (Å²) >= 11 is 3.80. The van der Waals surface area contributed by atoms with Crippen molar-refractivity contribution in [3.8, 4) is 76.5 Å². The highest BCUT2D eigenvalue weighted by Gasteiger charge is 2.38. The number of hydrogen-bond donors (Lipinski definition) is 0. The van der Waals surface area contributed by atoms with E-state index in [4.69, 9.17) is 4.42 Å². The second kappa shape index (κ2) is 14.9. The Labute approximate surface area is 401 Å². The van der Waals surface area contributed by atoms with Gasteiger partial charge in [-0.1, -0.05) is 144 Å². The fraction of sp³-hybridized carbons (Fsp3) is 0.156. The molecule has 2 aliphatic rings. The largest absolute Gasteiger partial charge is 0.456 e. The highest BCUT2D eigenvalue weighted by molar-refractivity contribution is 7.31. The molecule has 0 atom stereocenters. The van der Waals surface area contributed by atoms with Gasteiger partial charge < -0.3 is 4.42 Å². The van der Waals surface area contributed by atoms with Gasteiger partial charge >= 0.3 is 0 Å². The second-order valence-corrected chi connectivity index (χ2v) is 22.2. The third kappa shape index (κ3) is 6.24. The molecule has 8 aromatic carbocycles. The smallest absolute Gasteiger partial charge is 0.136 e. The van der Waals surface area contributed by atoms with Crippen LogP contribution in [0, 0.1) is 6.92 Å². The van der Waals surface area contributed by atoms with Gasteiger partial charge in [0, 0.05) is 40.8 Å². The summed E-state index contributed by atoms with van der Waals surface area (Å²) in [6.07, 6.45) is 2.15. The van der Waals surface area contributed by atoms with E-state index in [-0.39, 0.29) is 10.8 Å². The minimum Gasteiger partial charge on any atom is -0.456 e. The summed E-state index contributed by atoms with van der Waals surface area (Å²) in [6.45, 7) is 14.1. The molecule has 0 spiro atoms. The zero-order valence-electron chi connectivity index (χ0n) is 38.8. The van der Waals surface area contributed by atoms with Crippen LogP contribution in [0.25, 0.3) is 108 Å². The van der Waals surface area contributed by atoms with Gasteiger partial charge in [-0.05, 0) is 180 Å². The average molecular weight is 899 g/mol. The predicted molar refractivity (Wildman–Crippen MR) is 288 cm³/mol. The molecule has 3 heterocycles. The topological polar surface area (TPSA) is 13.1 Å². The maximum atomic E-state index is 6.60. The molecule has 3 heteroatoms. The van der Waals surface area contributed by atoms with Crippen molar-refractivity contribution in [2.24, 2.45) is 0 Å². The summed E-state index contributed by atoms with van der Waals surface area (Å²) in [5.74, 6) is 0. The molecule has 3 aromatic heterocycles. The van der Waals surface area contributed by atoms with Gasteiger partial charge in [-0.3, -0.25) is 0 Å². The third-order valence-electron chi connectivity index (χ3n) is 15.2. The lowest BCUT2D eigenvalue weighted by Crippen LogP contribution is -2.15. The molecule has 0 saturated heterocycles. The van der Waals surface area contributed by atoms with Gasteiger partial charge in [0.25, 0.3) is 0 Å². The Bertz CT molecular complexity index is 3780. The van der Waals surface area contributed by atoms with Gasteiger partial charge in [0.05, 0.1) is 0 Å². The molecule has 0 fully saturated rings. The van der Waals surface area contributed by atoms with E-state index in [1.165, 1.54) is 130 Å². The number of furan rings is 1. The van der Waals surface area contributed by atoms with Gasteiger partial charge in [0.1, 0.15) is 11.2 Å². The van der Waals surface area contributed by atoms with Crippen LogP contribution < -0.4 is 0 Å². The van der Waals surface area contributed by atoms with Crippen molar-refractivity contribution in [3.63, 3.8) is 0 Å². The molecular weight excluding hydrogens is 849 g/mol. The van der Waals surface area contributed by atoms with Gasteiger partial charge in [-0.15, -0.1) is 22.7 Å². The molecule has 0 amide bonds. The molecule has 0 N–H and O–H groups in total. The Balaban J connectivity index is 0.827. The number of aryl methyl sites for hydroxylation is 2. The van der Waals surface area contributed by atoms with Crippen LogP contribution in [0.5, 0.6) is 0 Å². The van der Waals surface area contributed by atoms with Crippen LogP contribution in [-0.2, 0) is 17.3 Å². The Kier molecular flexibility index (Phi) is 8.98. The van der Waals surface area contributed by atoms with E-state index < -0.39 is 0 Å². The quantitative estimate of drug-likeness (QED) is 0.155. The number of thiophene rings is 2. The maximum Gasteiger partial charge on any atom is 0.136 e. The average Bonchev–Trinajstić information content (AvgIpc) is 4.13. The molecular formula is C64H50OS2. The van der Waals surface area contributed by atoms with Crippen LogP contribution in [0.2, 0.25) is 0 Å². The SMILES string of the molecule is CCCc1cc2c(cc1-c1cc(-c3cc4sc(-c5ccc6oc7cc8c(cc7c6c5)C(C)(C)c5cc(-c6ccccc6)ccc5-8)cc4s3)ccc1C)C(C)(C)c1cc(-c3ccccc3)ccc1-2. The molecule has 324 valence electrons. The molecule has 0 unspecified atom stereocenters. The van der Waals surface area contributed by atoms with E-state index in [0.717, 1.165) is 24.0 Å². The van der Waals surface area contributed by atoms with Crippen molar-refractivity contribution in [1.29, 1.82) is 0 Å². The fourth-order valence-electron chi connectivity index (χ4n) is 11.5. The summed E-state index contributed by atoms with van der Waals surface area (Å²) in [7, 11) is 0. The maximum absolute atomic E-state index is 6.60. The second-order valence-electron chi connectivity index (χ2n) is 20.0. The molecule has 67 heavy (non-hydrogen) atoms. The minimum absolute atomic E-state index is 0.108. The van der Waals surface area contributed by atoms with E-state index in [1.807, 2.05) is 22.7 Å². The van der Waals surface area contributed by atoms with Crippen molar-refractivity contribution < 1.29 is 4.42 Å². The van der Waals surface area contributed by atoms with E-state index in [0.29, 0.717) is 0 Å². The predicted octanol–water partition coefficient (Wildman–Crippen LogP) is 19.1. The summed E-state index contributed by atoms with van der Waals surface area (Å²) in [5, 5.41) is 2.36. The Morgan fingerprint density at radius 3 is 1.54 bits per heavy atom. The third-order valence-corrected chi connectivity index (χ3v) is 17.6. The number of fused-ring (bicyclic) bond motifs is 10. The number of benzene rings is 8. The van der Waals surface area contributed by atoms with E-state index in [9.17, 15) is 0 Å². The van der Waals surface area contributed by atoms with Crippen molar-refractivity contribution in [2.75, 3.05) is 0 Å². The number of hydrogen-bond acceptors (Lipinski definition) is 3. The van der Waals surface area contributed by atoms with Crippen LogP contribution in [-0.4, -0.2) is 0 Å². The van der Waals surface area contributed by atoms with E-state index in [1.54, 1.807) is 0 Å². The zero-order valence-corrected chi connectivity index (χ0v) is 40.4. The molecule has 0 bridgehead atoms. The lowest BCUT2D eigenvalue weighted by atomic mass is 9.79. The summed E-state index contributed by atoms with van der Waals surface area (Å²) in [4.78, 5) is 2.61. The van der Waals surface area contributed by atoms with Gasteiger partial charge in [0.15, 0.2) is 0 Å². The molecule has 11 aromatic rings. The first kappa shape index (κ1) is 40.5. The van der Waals surface area contributed by atoms with Gasteiger partial charge in [0.2, 0.25) is 0 Å². The normalized spacial score (nSPS) is 14.2. The Hall–Kier alpha value is -6.78. The monoisotopic (exact) mass is 898 g/mol. The zero-order chi connectivity index (χ0) is 45.3. The standard InChI is InChI=1S/C64H50OS2/c1-7-14-42-27-49-45-24-21-40(38-15-10-8-11-16-38)30-53(45)63(3,4)55(49)32-48(42)47-28-43(20-19-37(47)2)59-35-61-62(66-59)36-60(67-61)44-23-26-57-51(29-44)52-33-56-50(34-58(52)65-57)46-25-22-41(31-54(46)64(56,5)6)39-17-12-9-13-18-39/h8-13,15-36H,7,14H2,1-6H3. The fourth-order valence-corrected chi connectivity index (χ4v) is 13.9. The summed E-state index contributed by atoms with van der Waals surface area (Å²) in [6, 6.07) is 64.0. The molecule has 2 aliphatic carbocycles. The Morgan fingerprint density at radius 2 is 0.925 bits per heavy atom. The lowest BCUT2D eigenvalue weighted by molar-refractivity contribution is 0.658. The van der Waals surface area contributed by atoms with Crippen LogP contribution in [0.1, 0.15) is 74.4 Å². The first-order valence-corrected chi connectivity index (χ1v) is 25.4. The number of rotatable bonds is 7. The van der Waals surface area contributed by atoms with Crippen LogP contribution >= 0.6 is 22.7 Å². The van der Waals surface area contributed by atoms with Crippen molar-refractivity contribution >= 4 is 54.0 Å². The lowest BCUT2D eigenvalue weighted by Gasteiger charge is -2.24. The molecule has 13 rings (SSSR count). The molecule has 0 aliphatic heterocycles. The first-order chi connectivity index (χ1) is 32.5. The Morgan fingerprint density at radius 1 is 0.403 bits per heavy atom. The summed E-state index contributed by atoms with van der Waals surface area (Å²) in [5.41, 5.74) is 25.6. The first-order valence-electron chi connectivity index (χ1n) is 23.8.